The number of benzene rings is 1. The van der Waals surface area contributed by atoms with Crippen molar-refractivity contribution in [3.63, 3.8) is 0 Å². The molecule has 0 spiro atoms. The first kappa shape index (κ1) is 15.0. The summed E-state index contributed by atoms with van der Waals surface area (Å²) in [5, 5.41) is 12.9. The Kier molecular flexibility index (Phi) is 4.57. The van der Waals surface area contributed by atoms with Gasteiger partial charge in [0.2, 0.25) is 5.91 Å². The van der Waals surface area contributed by atoms with Crippen molar-refractivity contribution >= 4 is 22.7 Å². The van der Waals surface area contributed by atoms with Crippen molar-refractivity contribution in [3.8, 4) is 0 Å². The molecule has 1 unspecified atom stereocenters. The first-order valence-corrected chi connectivity index (χ1v) is 6.98. The Balaban J connectivity index is 2.20. The van der Waals surface area contributed by atoms with Crippen LogP contribution in [0.5, 0.6) is 0 Å². The van der Waals surface area contributed by atoms with E-state index in [9.17, 15) is 9.59 Å². The molecule has 1 aromatic carbocycles. The Morgan fingerprint density at radius 2 is 2.00 bits per heavy atom. The second kappa shape index (κ2) is 6.39. The van der Waals surface area contributed by atoms with Crippen LogP contribution in [-0.4, -0.2) is 35.1 Å². The number of likely N-dealkylation sites (N-methyl/N-ethyl adjacent to an activating group) is 1. The fourth-order valence-electron chi connectivity index (χ4n) is 2.24. The summed E-state index contributed by atoms with van der Waals surface area (Å²) in [6, 6.07) is 6.83. The minimum Gasteiger partial charge on any atom is -0.357 e. The number of amides is 2. The standard InChI is InChI=1S/C15H20N4O2/c1-9(2)8-12(14(20)16-3)17-15(21)13-10-6-4-5-7-11(10)18-19-13/h4-7,9,12H,8H2,1-3H3,(H,16,20)(H,17,21)(H,18,19). The Hall–Kier alpha value is -2.37. The van der Waals surface area contributed by atoms with Crippen LogP contribution >= 0.6 is 0 Å². The highest BCUT2D eigenvalue weighted by Crippen LogP contribution is 2.15. The van der Waals surface area contributed by atoms with E-state index in [1.54, 1.807) is 7.05 Å². The fourth-order valence-corrected chi connectivity index (χ4v) is 2.24. The Morgan fingerprint density at radius 1 is 1.29 bits per heavy atom. The quantitative estimate of drug-likeness (QED) is 0.778. The number of nitrogens with one attached hydrogen (secondary N) is 3. The molecule has 2 amide bonds. The van der Waals surface area contributed by atoms with Crippen LogP contribution in [0.4, 0.5) is 0 Å². The minimum atomic E-state index is -0.557. The molecule has 1 heterocycles. The smallest absolute Gasteiger partial charge is 0.273 e. The van der Waals surface area contributed by atoms with Crippen LogP contribution in [0.25, 0.3) is 10.9 Å². The average molecular weight is 288 g/mol. The number of carbonyl (C=O) groups excluding carboxylic acids is 2. The number of aromatic nitrogens is 2. The second-order valence-corrected chi connectivity index (χ2v) is 5.39. The van der Waals surface area contributed by atoms with Gasteiger partial charge in [-0.1, -0.05) is 32.0 Å². The molecule has 2 aromatic rings. The Morgan fingerprint density at radius 3 is 2.67 bits per heavy atom. The molecule has 1 atom stereocenters. The van der Waals surface area contributed by atoms with E-state index in [1.807, 2.05) is 38.1 Å². The summed E-state index contributed by atoms with van der Waals surface area (Å²) >= 11 is 0. The highest BCUT2D eigenvalue weighted by molar-refractivity contribution is 6.05. The topological polar surface area (TPSA) is 86.9 Å². The van der Waals surface area contributed by atoms with Crippen LogP contribution in [0.3, 0.4) is 0 Å². The van der Waals surface area contributed by atoms with Crippen molar-refractivity contribution in [1.29, 1.82) is 0 Å². The normalized spacial score (nSPS) is 12.4. The molecule has 21 heavy (non-hydrogen) atoms. The lowest BCUT2D eigenvalue weighted by Gasteiger charge is -2.18. The molecule has 0 aliphatic rings. The predicted octanol–water partition coefficient (Wildman–Crippen LogP) is 1.45. The van der Waals surface area contributed by atoms with Gasteiger partial charge in [0.05, 0.1) is 5.52 Å². The summed E-state index contributed by atoms with van der Waals surface area (Å²) in [5.41, 5.74) is 1.10. The monoisotopic (exact) mass is 288 g/mol. The maximum absolute atomic E-state index is 12.4. The third-order valence-corrected chi connectivity index (χ3v) is 3.26. The fraction of sp³-hybridized carbons (Fsp3) is 0.400. The first-order valence-electron chi connectivity index (χ1n) is 6.98. The van der Waals surface area contributed by atoms with Crippen LogP contribution in [-0.2, 0) is 4.79 Å². The molecule has 1 aromatic heterocycles. The van der Waals surface area contributed by atoms with Gasteiger partial charge in [0, 0.05) is 12.4 Å². The summed E-state index contributed by atoms with van der Waals surface area (Å²) in [6.45, 7) is 4.01. The average Bonchev–Trinajstić information content (AvgIpc) is 2.89. The number of rotatable bonds is 5. The van der Waals surface area contributed by atoms with Crippen molar-refractivity contribution in [2.24, 2.45) is 5.92 Å². The van der Waals surface area contributed by atoms with E-state index >= 15 is 0 Å². The zero-order chi connectivity index (χ0) is 15.4. The zero-order valence-corrected chi connectivity index (χ0v) is 12.4. The number of hydrogen-bond acceptors (Lipinski definition) is 3. The number of carbonyl (C=O) groups is 2. The van der Waals surface area contributed by atoms with Crippen molar-refractivity contribution in [2.75, 3.05) is 7.05 Å². The van der Waals surface area contributed by atoms with Gasteiger partial charge >= 0.3 is 0 Å². The van der Waals surface area contributed by atoms with Gasteiger partial charge in [-0.15, -0.1) is 0 Å². The van der Waals surface area contributed by atoms with E-state index in [0.717, 1.165) is 10.9 Å². The molecular weight excluding hydrogens is 268 g/mol. The molecule has 0 saturated heterocycles. The van der Waals surface area contributed by atoms with Gasteiger partial charge in [0.1, 0.15) is 6.04 Å². The molecule has 2 rings (SSSR count). The van der Waals surface area contributed by atoms with E-state index in [2.05, 4.69) is 20.8 Å². The molecule has 0 fully saturated rings. The zero-order valence-electron chi connectivity index (χ0n) is 12.4. The van der Waals surface area contributed by atoms with Crippen molar-refractivity contribution in [1.82, 2.24) is 20.8 Å². The summed E-state index contributed by atoms with van der Waals surface area (Å²) in [4.78, 5) is 24.2. The third-order valence-electron chi connectivity index (χ3n) is 3.26. The molecule has 6 heteroatoms. The van der Waals surface area contributed by atoms with Gasteiger partial charge in [-0.2, -0.15) is 5.10 Å². The minimum absolute atomic E-state index is 0.197. The van der Waals surface area contributed by atoms with Gasteiger partial charge in [0.15, 0.2) is 5.69 Å². The van der Waals surface area contributed by atoms with Crippen LogP contribution in [0, 0.1) is 5.92 Å². The first-order chi connectivity index (χ1) is 10.0. The number of nitrogens with zero attached hydrogens (tertiary/aromatic N) is 1. The number of aromatic amines is 1. The molecular formula is C15H20N4O2. The molecule has 0 bridgehead atoms. The van der Waals surface area contributed by atoms with Crippen molar-refractivity contribution in [3.05, 3.63) is 30.0 Å². The molecule has 112 valence electrons. The maximum atomic E-state index is 12.4. The highest BCUT2D eigenvalue weighted by atomic mass is 16.2. The van der Waals surface area contributed by atoms with E-state index in [0.29, 0.717) is 18.0 Å². The predicted molar refractivity (Wildman–Crippen MR) is 80.9 cm³/mol. The summed E-state index contributed by atoms with van der Waals surface area (Å²) in [7, 11) is 1.56. The molecule has 3 N–H and O–H groups in total. The third kappa shape index (κ3) is 3.39. The van der Waals surface area contributed by atoms with E-state index in [4.69, 9.17) is 0 Å². The van der Waals surface area contributed by atoms with E-state index < -0.39 is 6.04 Å². The molecule has 6 nitrogen and oxygen atoms in total. The lowest BCUT2D eigenvalue weighted by Crippen LogP contribution is -2.46. The Bertz CT molecular complexity index is 648. The van der Waals surface area contributed by atoms with Crippen molar-refractivity contribution in [2.45, 2.75) is 26.3 Å². The number of para-hydroxylation sites is 1. The summed E-state index contributed by atoms with van der Waals surface area (Å²) < 4.78 is 0. The summed E-state index contributed by atoms with van der Waals surface area (Å²) in [5.74, 6) is -0.248. The number of hydrogen-bond donors (Lipinski definition) is 3. The van der Waals surface area contributed by atoms with Gasteiger partial charge in [-0.3, -0.25) is 14.7 Å². The van der Waals surface area contributed by atoms with Crippen molar-refractivity contribution < 1.29 is 9.59 Å². The van der Waals surface area contributed by atoms with Crippen LogP contribution in [0.2, 0.25) is 0 Å². The Labute approximate surface area is 123 Å². The summed E-state index contributed by atoms with van der Waals surface area (Å²) in [6.07, 6.45) is 0.577. The van der Waals surface area contributed by atoms with Gasteiger partial charge in [-0.25, -0.2) is 0 Å². The lowest BCUT2D eigenvalue weighted by molar-refractivity contribution is -0.122. The van der Waals surface area contributed by atoms with Crippen LogP contribution in [0.1, 0.15) is 30.8 Å². The highest BCUT2D eigenvalue weighted by Gasteiger charge is 2.23. The molecule has 0 aliphatic heterocycles. The maximum Gasteiger partial charge on any atom is 0.273 e. The molecule has 0 radical (unpaired) electrons. The SMILES string of the molecule is CNC(=O)C(CC(C)C)NC(=O)c1n[nH]c2ccccc12. The lowest BCUT2D eigenvalue weighted by atomic mass is 10.0. The number of H-pyrrole nitrogens is 1. The van der Waals surface area contributed by atoms with Gasteiger partial charge in [0.25, 0.3) is 5.91 Å². The van der Waals surface area contributed by atoms with Crippen LogP contribution in [0.15, 0.2) is 24.3 Å². The second-order valence-electron chi connectivity index (χ2n) is 5.39. The molecule has 0 aliphatic carbocycles. The van der Waals surface area contributed by atoms with E-state index in [1.165, 1.54) is 0 Å². The van der Waals surface area contributed by atoms with Gasteiger partial charge in [-0.05, 0) is 18.4 Å². The van der Waals surface area contributed by atoms with Crippen LogP contribution < -0.4 is 10.6 Å². The van der Waals surface area contributed by atoms with E-state index in [-0.39, 0.29) is 11.8 Å². The largest absolute Gasteiger partial charge is 0.357 e. The van der Waals surface area contributed by atoms with Gasteiger partial charge < -0.3 is 10.6 Å². The molecule has 0 saturated carbocycles. The number of fused-ring (bicyclic) bond motifs is 1.